The molecule has 4 heteroatoms. The highest BCUT2D eigenvalue weighted by molar-refractivity contribution is 6.31. The fraction of sp³-hybridized carbons (Fsp3) is 0.308. The van der Waals surface area contributed by atoms with Gasteiger partial charge in [-0.3, -0.25) is 0 Å². The van der Waals surface area contributed by atoms with E-state index in [1.54, 1.807) is 6.20 Å². The van der Waals surface area contributed by atoms with Crippen LogP contribution in [0.5, 0.6) is 0 Å². The van der Waals surface area contributed by atoms with Gasteiger partial charge in [-0.15, -0.1) is 0 Å². The quantitative estimate of drug-likeness (QED) is 0.906. The molecule has 2 aromatic rings. The van der Waals surface area contributed by atoms with Crippen LogP contribution in [0, 0.1) is 6.92 Å². The van der Waals surface area contributed by atoms with E-state index in [0.29, 0.717) is 5.02 Å². The van der Waals surface area contributed by atoms with Crippen molar-refractivity contribution in [2.45, 2.75) is 26.5 Å². The largest absolute Gasteiger partial charge is 0.392 e. The Morgan fingerprint density at radius 3 is 2.82 bits per heavy atom. The number of rotatable bonds is 4. The third kappa shape index (κ3) is 2.87. The molecule has 1 N–H and O–H groups in total. The molecule has 17 heavy (non-hydrogen) atoms. The molecule has 0 fully saturated rings. The number of halogens is 1. The van der Waals surface area contributed by atoms with Gasteiger partial charge in [0.05, 0.1) is 6.61 Å². The van der Waals surface area contributed by atoms with Gasteiger partial charge < -0.3 is 9.67 Å². The van der Waals surface area contributed by atoms with E-state index in [4.69, 9.17) is 16.7 Å². The molecule has 0 aliphatic heterocycles. The van der Waals surface area contributed by atoms with E-state index >= 15 is 0 Å². The van der Waals surface area contributed by atoms with Crippen LogP contribution in [0.4, 0.5) is 0 Å². The fourth-order valence-electron chi connectivity index (χ4n) is 1.77. The second kappa shape index (κ2) is 5.34. The van der Waals surface area contributed by atoms with Crippen LogP contribution in [0.15, 0.2) is 30.6 Å². The maximum atomic E-state index is 9.00. The van der Waals surface area contributed by atoms with E-state index in [9.17, 15) is 0 Å². The summed E-state index contributed by atoms with van der Waals surface area (Å²) in [6, 6.07) is 5.69. The van der Waals surface area contributed by atoms with Gasteiger partial charge in [0.1, 0.15) is 5.82 Å². The predicted molar refractivity (Wildman–Crippen MR) is 68.0 cm³/mol. The molecule has 3 nitrogen and oxygen atoms in total. The normalized spacial score (nSPS) is 10.8. The Kier molecular flexibility index (Phi) is 3.82. The zero-order valence-corrected chi connectivity index (χ0v) is 10.5. The second-order valence-electron chi connectivity index (χ2n) is 4.00. The van der Waals surface area contributed by atoms with E-state index in [2.05, 4.69) is 9.55 Å². The molecule has 0 saturated heterocycles. The lowest BCUT2D eigenvalue weighted by atomic mass is 10.1. The van der Waals surface area contributed by atoms with Gasteiger partial charge in [-0.1, -0.05) is 23.7 Å². The highest BCUT2D eigenvalue weighted by Gasteiger charge is 2.03. The number of imidazole rings is 1. The standard InChI is InChI=1S/C13H15ClN2O/c1-10-15-5-7-16(10)6-4-12-3-2-11(9-17)8-13(12)14/h2-3,5,7-8,17H,4,6,9H2,1H3. The van der Waals surface area contributed by atoms with Gasteiger partial charge >= 0.3 is 0 Å². The highest BCUT2D eigenvalue weighted by Crippen LogP contribution is 2.19. The molecule has 0 aliphatic carbocycles. The molecular weight excluding hydrogens is 236 g/mol. The first-order valence-corrected chi connectivity index (χ1v) is 5.94. The Hall–Kier alpha value is -1.32. The van der Waals surface area contributed by atoms with Crippen molar-refractivity contribution in [3.05, 3.63) is 52.6 Å². The van der Waals surface area contributed by atoms with Crippen molar-refractivity contribution in [1.29, 1.82) is 0 Å². The van der Waals surface area contributed by atoms with Crippen LogP contribution in [0.2, 0.25) is 5.02 Å². The van der Waals surface area contributed by atoms with Crippen molar-refractivity contribution in [3.8, 4) is 0 Å². The van der Waals surface area contributed by atoms with Crippen LogP contribution in [0.1, 0.15) is 17.0 Å². The van der Waals surface area contributed by atoms with Gasteiger partial charge in [0.2, 0.25) is 0 Å². The van der Waals surface area contributed by atoms with Crippen molar-refractivity contribution in [1.82, 2.24) is 9.55 Å². The third-order valence-electron chi connectivity index (χ3n) is 2.85. The first-order chi connectivity index (χ1) is 8.20. The van der Waals surface area contributed by atoms with Gasteiger partial charge in [-0.2, -0.15) is 0 Å². The molecule has 2 rings (SSSR count). The minimum Gasteiger partial charge on any atom is -0.392 e. The lowest BCUT2D eigenvalue weighted by Crippen LogP contribution is -2.03. The molecule has 90 valence electrons. The molecule has 0 aliphatic rings. The summed E-state index contributed by atoms with van der Waals surface area (Å²) < 4.78 is 2.09. The zero-order chi connectivity index (χ0) is 12.3. The molecule has 0 unspecified atom stereocenters. The van der Waals surface area contributed by atoms with Crippen LogP contribution in [-0.4, -0.2) is 14.7 Å². The Bertz CT molecular complexity index is 508. The van der Waals surface area contributed by atoms with Crippen molar-refractivity contribution < 1.29 is 5.11 Å². The van der Waals surface area contributed by atoms with Gasteiger partial charge in [0.15, 0.2) is 0 Å². The number of nitrogens with zero attached hydrogens (tertiary/aromatic N) is 2. The number of aromatic nitrogens is 2. The van der Waals surface area contributed by atoms with Crippen molar-refractivity contribution >= 4 is 11.6 Å². The lowest BCUT2D eigenvalue weighted by molar-refractivity contribution is 0.282. The Morgan fingerprint density at radius 1 is 1.41 bits per heavy atom. The summed E-state index contributed by atoms with van der Waals surface area (Å²) >= 11 is 6.15. The SMILES string of the molecule is Cc1nccn1CCc1ccc(CO)cc1Cl. The molecule has 0 spiro atoms. The molecule has 0 bridgehead atoms. The maximum absolute atomic E-state index is 9.00. The van der Waals surface area contributed by atoms with Gasteiger partial charge in [0.25, 0.3) is 0 Å². The second-order valence-corrected chi connectivity index (χ2v) is 4.41. The minimum atomic E-state index is 0.0284. The van der Waals surface area contributed by atoms with Crippen LogP contribution in [0.3, 0.4) is 0 Å². The molecule has 1 aromatic carbocycles. The molecular formula is C13H15ClN2O. The smallest absolute Gasteiger partial charge is 0.105 e. The number of hydrogen-bond donors (Lipinski definition) is 1. The van der Waals surface area contributed by atoms with E-state index in [-0.39, 0.29) is 6.61 Å². The molecule has 1 aromatic heterocycles. The number of hydrogen-bond acceptors (Lipinski definition) is 2. The number of aliphatic hydroxyl groups excluding tert-OH is 1. The van der Waals surface area contributed by atoms with Crippen LogP contribution < -0.4 is 0 Å². The maximum Gasteiger partial charge on any atom is 0.105 e. The van der Waals surface area contributed by atoms with Gasteiger partial charge in [-0.25, -0.2) is 4.98 Å². The lowest BCUT2D eigenvalue weighted by Gasteiger charge is -2.08. The average molecular weight is 251 g/mol. The molecule has 0 atom stereocenters. The average Bonchev–Trinajstić information content (AvgIpc) is 2.73. The predicted octanol–water partition coefficient (Wildman–Crippen LogP) is 2.58. The van der Waals surface area contributed by atoms with Crippen LogP contribution in [0.25, 0.3) is 0 Å². The Balaban J connectivity index is 2.07. The summed E-state index contributed by atoms with van der Waals surface area (Å²) in [5.41, 5.74) is 1.94. The van der Waals surface area contributed by atoms with E-state index in [1.165, 1.54) is 0 Å². The van der Waals surface area contributed by atoms with E-state index in [1.807, 2.05) is 31.3 Å². The summed E-state index contributed by atoms with van der Waals surface area (Å²) in [5.74, 6) is 1.01. The number of aliphatic hydroxyl groups is 1. The number of aryl methyl sites for hydroxylation is 3. The van der Waals surface area contributed by atoms with Crippen molar-refractivity contribution in [3.63, 3.8) is 0 Å². The first kappa shape index (κ1) is 12.1. The summed E-state index contributed by atoms with van der Waals surface area (Å²) in [7, 11) is 0. The highest BCUT2D eigenvalue weighted by atomic mass is 35.5. The Morgan fingerprint density at radius 2 is 2.24 bits per heavy atom. The van der Waals surface area contributed by atoms with Crippen molar-refractivity contribution in [2.24, 2.45) is 0 Å². The minimum absolute atomic E-state index is 0.0284. The van der Waals surface area contributed by atoms with Gasteiger partial charge in [-0.05, 0) is 30.5 Å². The molecule has 0 radical (unpaired) electrons. The molecule has 0 amide bonds. The summed E-state index contributed by atoms with van der Waals surface area (Å²) in [6.07, 6.45) is 4.62. The molecule has 0 saturated carbocycles. The summed E-state index contributed by atoms with van der Waals surface area (Å²) in [6.45, 7) is 2.88. The zero-order valence-electron chi connectivity index (χ0n) is 9.73. The topological polar surface area (TPSA) is 38.0 Å². The van der Waals surface area contributed by atoms with E-state index in [0.717, 1.165) is 29.9 Å². The third-order valence-corrected chi connectivity index (χ3v) is 3.20. The number of benzene rings is 1. The van der Waals surface area contributed by atoms with Crippen LogP contribution in [-0.2, 0) is 19.6 Å². The molecule has 1 heterocycles. The van der Waals surface area contributed by atoms with E-state index < -0.39 is 0 Å². The Labute approximate surface area is 106 Å². The van der Waals surface area contributed by atoms with Crippen LogP contribution >= 0.6 is 11.6 Å². The fourth-order valence-corrected chi connectivity index (χ4v) is 2.07. The first-order valence-electron chi connectivity index (χ1n) is 5.56. The summed E-state index contributed by atoms with van der Waals surface area (Å²) in [4.78, 5) is 4.18. The van der Waals surface area contributed by atoms with Crippen molar-refractivity contribution in [2.75, 3.05) is 0 Å². The van der Waals surface area contributed by atoms with Gasteiger partial charge in [0, 0.05) is 24.0 Å². The monoisotopic (exact) mass is 250 g/mol. The summed E-state index contributed by atoms with van der Waals surface area (Å²) in [5, 5.41) is 9.72.